The Morgan fingerprint density at radius 3 is 2.44 bits per heavy atom. The van der Waals surface area contributed by atoms with Gasteiger partial charge >= 0.3 is 5.69 Å². The van der Waals surface area contributed by atoms with Crippen molar-refractivity contribution in [3.05, 3.63) is 16.3 Å². The summed E-state index contributed by atoms with van der Waals surface area (Å²) in [5.74, 6) is 1.42. The van der Waals surface area contributed by atoms with Gasteiger partial charge in [-0.05, 0) is 39.5 Å². The summed E-state index contributed by atoms with van der Waals surface area (Å²) in [6.07, 6.45) is 5.98. The minimum atomic E-state index is -0.0664. The molecule has 1 aromatic heterocycles. The van der Waals surface area contributed by atoms with Crippen LogP contribution in [-0.2, 0) is 11.8 Å². The summed E-state index contributed by atoms with van der Waals surface area (Å²) in [6.45, 7) is 9.83. The van der Waals surface area contributed by atoms with Crippen molar-refractivity contribution in [2.75, 3.05) is 13.1 Å². The highest BCUT2D eigenvalue weighted by atomic mass is 16.2. The van der Waals surface area contributed by atoms with E-state index in [-0.39, 0.29) is 23.6 Å². The van der Waals surface area contributed by atoms with Gasteiger partial charge in [0.2, 0.25) is 5.91 Å². The third-order valence-corrected chi connectivity index (χ3v) is 5.22. The summed E-state index contributed by atoms with van der Waals surface area (Å²) in [7, 11) is 1.70. The van der Waals surface area contributed by atoms with Crippen LogP contribution in [0.1, 0.15) is 84.0 Å². The number of nitrogens with zero attached hydrogens (tertiary/aromatic N) is 4. The van der Waals surface area contributed by atoms with Crippen LogP contribution in [0.2, 0.25) is 0 Å². The summed E-state index contributed by atoms with van der Waals surface area (Å²) >= 11 is 0. The van der Waals surface area contributed by atoms with Crippen LogP contribution in [-0.4, -0.2) is 38.2 Å². The highest BCUT2D eigenvalue weighted by Gasteiger charge is 2.32. The van der Waals surface area contributed by atoms with E-state index in [0.717, 1.165) is 50.9 Å². The van der Waals surface area contributed by atoms with Crippen molar-refractivity contribution in [3.63, 3.8) is 0 Å². The first-order valence-corrected chi connectivity index (χ1v) is 9.84. The summed E-state index contributed by atoms with van der Waals surface area (Å²) in [5.41, 5.74) is -0.0664. The Hall–Kier alpha value is -1.59. The predicted octanol–water partition coefficient (Wildman–Crippen LogP) is 3.09. The van der Waals surface area contributed by atoms with Gasteiger partial charge in [0.05, 0.1) is 0 Å². The molecule has 2 heterocycles. The van der Waals surface area contributed by atoms with Gasteiger partial charge in [0, 0.05) is 38.0 Å². The van der Waals surface area contributed by atoms with Crippen LogP contribution in [0.4, 0.5) is 0 Å². The van der Waals surface area contributed by atoms with Crippen molar-refractivity contribution in [3.8, 4) is 0 Å². The normalized spacial score (nSPS) is 18.4. The van der Waals surface area contributed by atoms with Crippen LogP contribution in [0.3, 0.4) is 0 Å². The van der Waals surface area contributed by atoms with Gasteiger partial charge in [-0.25, -0.2) is 9.48 Å². The van der Waals surface area contributed by atoms with E-state index in [1.54, 1.807) is 11.6 Å². The third kappa shape index (κ3) is 4.33. The fourth-order valence-electron chi connectivity index (χ4n) is 4.00. The molecule has 0 radical (unpaired) electrons. The molecule has 0 aromatic carbocycles. The molecule has 142 valence electrons. The second-order valence-electron chi connectivity index (χ2n) is 7.63. The van der Waals surface area contributed by atoms with Gasteiger partial charge in [0.15, 0.2) is 0 Å². The van der Waals surface area contributed by atoms with Gasteiger partial charge in [0.1, 0.15) is 5.82 Å². The summed E-state index contributed by atoms with van der Waals surface area (Å²) in [5, 5.41) is 4.50. The molecule has 1 fully saturated rings. The third-order valence-electron chi connectivity index (χ3n) is 5.22. The Labute approximate surface area is 151 Å². The maximum atomic E-state index is 13.0. The predicted molar refractivity (Wildman–Crippen MR) is 99.7 cm³/mol. The molecular formula is C19H34N4O2. The lowest BCUT2D eigenvalue weighted by Crippen LogP contribution is -2.43. The number of aromatic nitrogens is 3. The number of piperidine rings is 1. The molecule has 0 saturated carbocycles. The van der Waals surface area contributed by atoms with Crippen LogP contribution >= 0.6 is 0 Å². The maximum Gasteiger partial charge on any atom is 0.345 e. The van der Waals surface area contributed by atoms with Gasteiger partial charge in [0.25, 0.3) is 0 Å². The molecule has 0 bridgehead atoms. The number of rotatable bonds is 7. The molecule has 1 saturated heterocycles. The van der Waals surface area contributed by atoms with E-state index < -0.39 is 0 Å². The van der Waals surface area contributed by atoms with Gasteiger partial charge in [-0.2, -0.15) is 5.10 Å². The largest absolute Gasteiger partial charge is 0.345 e. The first-order valence-electron chi connectivity index (χ1n) is 9.84. The molecule has 25 heavy (non-hydrogen) atoms. The number of carbonyl (C=O) groups is 1. The van der Waals surface area contributed by atoms with E-state index in [9.17, 15) is 9.59 Å². The molecule has 1 unspecified atom stereocenters. The van der Waals surface area contributed by atoms with Gasteiger partial charge in [-0.3, -0.25) is 9.36 Å². The average molecular weight is 351 g/mol. The lowest BCUT2D eigenvalue weighted by molar-refractivity contribution is -0.137. The van der Waals surface area contributed by atoms with Crippen molar-refractivity contribution < 1.29 is 4.79 Å². The lowest BCUT2D eigenvalue weighted by Gasteiger charge is -2.35. The van der Waals surface area contributed by atoms with Gasteiger partial charge in [-0.15, -0.1) is 0 Å². The summed E-state index contributed by atoms with van der Waals surface area (Å²) < 4.78 is 3.21. The van der Waals surface area contributed by atoms with Gasteiger partial charge in [-0.1, -0.05) is 26.7 Å². The SMILES string of the molecule is CCCC(CCC)C(=O)N1CCCC(c2nn(C)c(=O)n2C(C)C)C1. The fraction of sp³-hybridized carbons (Fsp3) is 0.842. The zero-order valence-corrected chi connectivity index (χ0v) is 16.5. The van der Waals surface area contributed by atoms with Crippen molar-refractivity contribution >= 4 is 5.91 Å². The van der Waals surface area contributed by atoms with Crippen molar-refractivity contribution in [2.45, 2.75) is 78.2 Å². The smallest absolute Gasteiger partial charge is 0.342 e. The highest BCUT2D eigenvalue weighted by Crippen LogP contribution is 2.28. The minimum absolute atomic E-state index is 0.0664. The maximum absolute atomic E-state index is 13.0. The van der Waals surface area contributed by atoms with E-state index >= 15 is 0 Å². The lowest BCUT2D eigenvalue weighted by atomic mass is 9.92. The Balaban J connectivity index is 2.20. The molecule has 1 amide bonds. The number of hydrogen-bond donors (Lipinski definition) is 0. The van der Waals surface area contributed by atoms with Crippen molar-refractivity contribution in [2.24, 2.45) is 13.0 Å². The summed E-state index contributed by atoms with van der Waals surface area (Å²) in [6, 6.07) is 0.0789. The molecule has 0 spiro atoms. The van der Waals surface area contributed by atoms with Crippen LogP contribution in [0.15, 0.2) is 4.79 Å². The number of aryl methyl sites for hydroxylation is 1. The van der Waals surface area contributed by atoms with Crippen molar-refractivity contribution in [1.29, 1.82) is 0 Å². The first kappa shape index (κ1) is 19.7. The Kier molecular flexibility index (Phi) is 6.85. The first-order chi connectivity index (χ1) is 11.9. The molecule has 0 N–H and O–H groups in total. The van der Waals surface area contributed by atoms with E-state index in [1.165, 1.54) is 4.68 Å². The molecule has 2 rings (SSSR count). The number of likely N-dealkylation sites (tertiary alicyclic amines) is 1. The zero-order chi connectivity index (χ0) is 18.6. The van der Waals surface area contributed by atoms with E-state index in [1.807, 2.05) is 18.7 Å². The van der Waals surface area contributed by atoms with Crippen molar-refractivity contribution in [1.82, 2.24) is 19.2 Å². The Morgan fingerprint density at radius 1 is 1.24 bits per heavy atom. The molecule has 6 heteroatoms. The molecule has 1 aliphatic rings. The second kappa shape index (κ2) is 8.68. The summed E-state index contributed by atoms with van der Waals surface area (Å²) in [4.78, 5) is 27.4. The van der Waals surface area contributed by atoms with E-state index in [0.29, 0.717) is 12.5 Å². The molecule has 1 atom stereocenters. The minimum Gasteiger partial charge on any atom is -0.342 e. The highest BCUT2D eigenvalue weighted by molar-refractivity contribution is 5.79. The van der Waals surface area contributed by atoms with E-state index in [2.05, 4.69) is 18.9 Å². The van der Waals surface area contributed by atoms with Crippen LogP contribution < -0.4 is 5.69 Å². The van der Waals surface area contributed by atoms with Crippen LogP contribution in [0, 0.1) is 5.92 Å². The monoisotopic (exact) mass is 350 g/mol. The van der Waals surface area contributed by atoms with E-state index in [4.69, 9.17) is 0 Å². The standard InChI is InChI=1S/C19H34N4O2/c1-6-9-15(10-7-2)18(24)22-12-8-11-16(13-22)17-20-21(5)19(25)23(17)14(3)4/h14-16H,6-13H2,1-5H3. The topological polar surface area (TPSA) is 60.1 Å². The quantitative estimate of drug-likeness (QED) is 0.759. The number of hydrogen-bond acceptors (Lipinski definition) is 3. The van der Waals surface area contributed by atoms with Crippen LogP contribution in [0.5, 0.6) is 0 Å². The molecule has 1 aromatic rings. The van der Waals surface area contributed by atoms with Gasteiger partial charge < -0.3 is 4.90 Å². The number of amides is 1. The Bertz CT molecular complexity index is 626. The zero-order valence-electron chi connectivity index (χ0n) is 16.5. The Morgan fingerprint density at radius 2 is 1.88 bits per heavy atom. The molecular weight excluding hydrogens is 316 g/mol. The molecule has 1 aliphatic heterocycles. The molecule has 0 aliphatic carbocycles. The average Bonchev–Trinajstić information content (AvgIpc) is 2.89. The molecule has 6 nitrogen and oxygen atoms in total. The number of carbonyl (C=O) groups excluding carboxylic acids is 1. The fourth-order valence-corrected chi connectivity index (χ4v) is 4.00. The second-order valence-corrected chi connectivity index (χ2v) is 7.63. The van der Waals surface area contributed by atoms with Crippen LogP contribution in [0.25, 0.3) is 0 Å².